The van der Waals surface area contributed by atoms with Gasteiger partial charge in [-0.15, -0.1) is 10.2 Å². The van der Waals surface area contributed by atoms with Gasteiger partial charge in [0.15, 0.2) is 5.16 Å². The molecule has 0 saturated carbocycles. The van der Waals surface area contributed by atoms with E-state index in [4.69, 9.17) is 0 Å². The van der Waals surface area contributed by atoms with Gasteiger partial charge in [-0.25, -0.2) is 4.79 Å². The van der Waals surface area contributed by atoms with Crippen LogP contribution in [-0.4, -0.2) is 43.4 Å². The minimum absolute atomic E-state index is 0.0258. The third-order valence-electron chi connectivity index (χ3n) is 4.92. The van der Waals surface area contributed by atoms with Crippen LogP contribution < -0.4 is 16.2 Å². The average molecular weight is 465 g/mol. The van der Waals surface area contributed by atoms with Crippen molar-refractivity contribution in [2.75, 3.05) is 12.3 Å². The van der Waals surface area contributed by atoms with Crippen LogP contribution >= 0.6 is 11.8 Å². The zero-order valence-corrected chi connectivity index (χ0v) is 19.1. The van der Waals surface area contributed by atoms with E-state index in [0.29, 0.717) is 34.9 Å². The van der Waals surface area contributed by atoms with Crippen molar-refractivity contribution in [3.8, 4) is 0 Å². The largest absolute Gasteiger partial charge is 0.338 e. The maximum absolute atomic E-state index is 13.2. The summed E-state index contributed by atoms with van der Waals surface area (Å²) in [6.07, 6.45) is 0. The summed E-state index contributed by atoms with van der Waals surface area (Å²) in [6, 6.07) is 16.3. The highest BCUT2D eigenvalue weighted by atomic mass is 32.2. The van der Waals surface area contributed by atoms with E-state index in [0.717, 1.165) is 17.3 Å². The fourth-order valence-electron chi connectivity index (χ4n) is 3.37. The highest BCUT2D eigenvalue weighted by Gasteiger charge is 2.18. The number of fused-ring (bicyclic) bond motifs is 3. The Kier molecular flexibility index (Phi) is 6.74. The van der Waals surface area contributed by atoms with E-state index in [1.54, 1.807) is 15.0 Å². The van der Waals surface area contributed by atoms with Crippen molar-refractivity contribution in [3.63, 3.8) is 0 Å². The Hall–Kier alpha value is -3.66. The molecule has 0 saturated heterocycles. The van der Waals surface area contributed by atoms with Crippen LogP contribution in [0, 0.1) is 5.92 Å². The highest BCUT2D eigenvalue weighted by Crippen LogP contribution is 2.22. The minimum Gasteiger partial charge on any atom is -0.338 e. The van der Waals surface area contributed by atoms with Gasteiger partial charge >= 0.3 is 6.03 Å². The first kappa shape index (κ1) is 22.5. The normalized spacial score (nSPS) is 11.2. The van der Waals surface area contributed by atoms with Crippen LogP contribution in [-0.2, 0) is 11.3 Å². The van der Waals surface area contributed by atoms with Gasteiger partial charge in [0.05, 0.1) is 23.2 Å². The predicted molar refractivity (Wildman–Crippen MR) is 127 cm³/mol. The molecule has 2 aromatic heterocycles. The summed E-state index contributed by atoms with van der Waals surface area (Å²) in [5.74, 6) is 0.201. The molecular formula is C23H24N6O3S. The van der Waals surface area contributed by atoms with Crippen LogP contribution in [0.4, 0.5) is 4.79 Å². The van der Waals surface area contributed by atoms with Gasteiger partial charge < -0.3 is 5.32 Å². The third-order valence-corrected chi connectivity index (χ3v) is 5.85. The fraction of sp³-hybridized carbons (Fsp3) is 0.261. The van der Waals surface area contributed by atoms with Crippen molar-refractivity contribution >= 4 is 40.4 Å². The van der Waals surface area contributed by atoms with Crippen molar-refractivity contribution < 1.29 is 9.59 Å². The third kappa shape index (κ3) is 5.06. The second-order valence-corrected chi connectivity index (χ2v) is 8.90. The number of benzene rings is 2. The number of amides is 3. The molecule has 0 unspecified atom stereocenters. The molecule has 0 bridgehead atoms. The Balaban J connectivity index is 1.63. The van der Waals surface area contributed by atoms with Gasteiger partial charge in [-0.2, -0.15) is 0 Å². The van der Waals surface area contributed by atoms with Crippen molar-refractivity contribution in [2.45, 2.75) is 25.5 Å². The van der Waals surface area contributed by atoms with Gasteiger partial charge in [0.25, 0.3) is 5.56 Å². The standard InChI is InChI=1S/C23H24N6O3S/c1-15(2)12-24-21(32)25-19(30)14-33-23-27-26-22-28(13-16-8-4-3-5-9-16)20(31)17-10-6-7-11-18(17)29(22)23/h3-11,15H,12-14H2,1-2H3,(H2,24,25,30,32). The Bertz CT molecular complexity index is 1360. The molecule has 3 amide bonds. The Morgan fingerprint density at radius 1 is 1.03 bits per heavy atom. The van der Waals surface area contributed by atoms with Crippen molar-refractivity contribution in [1.82, 2.24) is 29.8 Å². The van der Waals surface area contributed by atoms with E-state index in [-0.39, 0.29) is 17.2 Å². The van der Waals surface area contributed by atoms with Crippen LogP contribution in [0.25, 0.3) is 16.7 Å². The number of hydrogen-bond donors (Lipinski definition) is 2. The first-order valence-electron chi connectivity index (χ1n) is 10.5. The summed E-state index contributed by atoms with van der Waals surface area (Å²) in [5.41, 5.74) is 1.45. The Morgan fingerprint density at radius 3 is 2.52 bits per heavy atom. The molecule has 0 aliphatic rings. The van der Waals surface area contributed by atoms with Crippen molar-refractivity contribution in [3.05, 3.63) is 70.5 Å². The number of hydrogen-bond acceptors (Lipinski definition) is 6. The molecule has 4 aromatic rings. The number of para-hydroxylation sites is 1. The lowest BCUT2D eigenvalue weighted by atomic mass is 10.2. The molecule has 2 heterocycles. The second kappa shape index (κ2) is 9.86. The van der Waals surface area contributed by atoms with Crippen LogP contribution in [0.1, 0.15) is 19.4 Å². The zero-order chi connectivity index (χ0) is 23.4. The Morgan fingerprint density at radius 2 is 1.76 bits per heavy atom. The lowest BCUT2D eigenvalue weighted by Gasteiger charge is -2.11. The fourth-order valence-corrected chi connectivity index (χ4v) is 4.11. The van der Waals surface area contributed by atoms with E-state index in [1.807, 2.05) is 62.4 Å². The monoisotopic (exact) mass is 464 g/mol. The first-order chi connectivity index (χ1) is 15.9. The summed E-state index contributed by atoms with van der Waals surface area (Å²) < 4.78 is 3.35. The van der Waals surface area contributed by atoms with Crippen LogP contribution in [0.15, 0.2) is 64.5 Å². The lowest BCUT2D eigenvalue weighted by molar-refractivity contribution is -0.117. The van der Waals surface area contributed by atoms with Crippen LogP contribution in [0.3, 0.4) is 0 Å². The summed E-state index contributed by atoms with van der Waals surface area (Å²) in [4.78, 5) is 37.3. The minimum atomic E-state index is -0.525. The Labute approximate surface area is 194 Å². The number of nitrogens with zero attached hydrogens (tertiary/aromatic N) is 4. The quantitative estimate of drug-likeness (QED) is 0.407. The molecule has 0 aliphatic carbocycles. The SMILES string of the molecule is CC(C)CNC(=O)NC(=O)CSc1nnc2n(Cc3ccccc3)c(=O)c3ccccc3n12. The van der Waals surface area contributed by atoms with Crippen LogP contribution in [0.2, 0.25) is 0 Å². The molecule has 170 valence electrons. The van der Waals surface area contributed by atoms with Gasteiger partial charge in [-0.1, -0.05) is 68.1 Å². The topological polar surface area (TPSA) is 110 Å². The van der Waals surface area contributed by atoms with E-state index in [9.17, 15) is 14.4 Å². The van der Waals surface area contributed by atoms with Crippen LogP contribution in [0.5, 0.6) is 0 Å². The molecule has 10 heteroatoms. The van der Waals surface area contributed by atoms with Gasteiger partial charge in [0, 0.05) is 6.54 Å². The predicted octanol–water partition coefficient (Wildman–Crippen LogP) is 2.67. The van der Waals surface area contributed by atoms with Crippen molar-refractivity contribution in [1.29, 1.82) is 0 Å². The average Bonchev–Trinajstić information content (AvgIpc) is 3.24. The molecule has 0 atom stereocenters. The van der Waals surface area contributed by atoms with E-state index >= 15 is 0 Å². The summed E-state index contributed by atoms with van der Waals surface area (Å²) in [7, 11) is 0. The summed E-state index contributed by atoms with van der Waals surface area (Å²) in [5, 5.41) is 14.4. The molecule has 0 spiro atoms. The van der Waals surface area contributed by atoms with Gasteiger partial charge in [-0.05, 0) is 23.6 Å². The highest BCUT2D eigenvalue weighted by molar-refractivity contribution is 7.99. The molecule has 2 aromatic carbocycles. The molecule has 0 aliphatic heterocycles. The summed E-state index contributed by atoms with van der Waals surface area (Å²) >= 11 is 1.15. The molecule has 2 N–H and O–H groups in total. The number of carbonyl (C=O) groups is 2. The molecule has 0 fully saturated rings. The molecule has 33 heavy (non-hydrogen) atoms. The number of imide groups is 1. The van der Waals surface area contributed by atoms with Gasteiger partial charge in [0.1, 0.15) is 0 Å². The zero-order valence-electron chi connectivity index (χ0n) is 18.3. The van der Waals surface area contributed by atoms with Gasteiger partial charge in [-0.3, -0.25) is 23.9 Å². The van der Waals surface area contributed by atoms with E-state index < -0.39 is 11.9 Å². The lowest BCUT2D eigenvalue weighted by Crippen LogP contribution is -2.41. The number of rotatable bonds is 7. The molecule has 4 rings (SSSR count). The molecule has 9 nitrogen and oxygen atoms in total. The maximum Gasteiger partial charge on any atom is 0.321 e. The number of nitrogens with one attached hydrogen (secondary N) is 2. The smallest absolute Gasteiger partial charge is 0.321 e. The number of urea groups is 1. The second-order valence-electron chi connectivity index (χ2n) is 7.95. The van der Waals surface area contributed by atoms with Gasteiger partial charge in [0.2, 0.25) is 11.7 Å². The first-order valence-corrected chi connectivity index (χ1v) is 11.5. The molecular weight excluding hydrogens is 440 g/mol. The number of thioether (sulfide) groups is 1. The van der Waals surface area contributed by atoms with E-state index in [1.165, 1.54) is 0 Å². The van der Waals surface area contributed by atoms with E-state index in [2.05, 4.69) is 20.8 Å². The summed E-state index contributed by atoms with van der Waals surface area (Å²) in [6.45, 7) is 4.76. The van der Waals surface area contributed by atoms with Crippen molar-refractivity contribution in [2.24, 2.45) is 5.92 Å². The maximum atomic E-state index is 13.2. The number of aromatic nitrogens is 4. The number of carbonyl (C=O) groups excluding carboxylic acids is 2. The molecule has 0 radical (unpaired) electrons.